The molecule has 4 atom stereocenters. The minimum atomic E-state index is -1.09. The van der Waals surface area contributed by atoms with E-state index in [9.17, 15) is 14.7 Å². The highest BCUT2D eigenvalue weighted by Gasteiger charge is 2.46. The molecule has 0 spiro atoms. The number of hydrogen-bond donors (Lipinski definition) is 1. The van der Waals surface area contributed by atoms with E-state index >= 15 is 0 Å². The average molecular weight is 294 g/mol. The highest BCUT2D eigenvalue weighted by atomic mass is 16.5. The largest absolute Gasteiger partial charge is 0.455 e. The van der Waals surface area contributed by atoms with Crippen LogP contribution >= 0.6 is 0 Å². The summed E-state index contributed by atoms with van der Waals surface area (Å²) in [5.41, 5.74) is -1.30. The predicted octanol–water partition coefficient (Wildman–Crippen LogP) is 2.66. The Balaban J connectivity index is 3.00. The van der Waals surface area contributed by atoms with Crippen LogP contribution in [0.15, 0.2) is 24.8 Å². The van der Waals surface area contributed by atoms with Crippen molar-refractivity contribution < 1.29 is 19.4 Å². The molecule has 0 amide bonds. The fourth-order valence-electron chi connectivity index (χ4n) is 2.96. The summed E-state index contributed by atoms with van der Waals surface area (Å²) in [5, 5.41) is 9.99. The Bertz CT molecular complexity index is 459. The second kappa shape index (κ2) is 6.14. The van der Waals surface area contributed by atoms with Crippen LogP contribution in [-0.4, -0.2) is 28.6 Å². The molecule has 0 saturated heterocycles. The van der Waals surface area contributed by atoms with Crippen molar-refractivity contribution in [2.24, 2.45) is 17.3 Å². The molecule has 0 aliphatic heterocycles. The fraction of sp³-hybridized carbons (Fsp3) is 0.647. The van der Waals surface area contributed by atoms with Gasteiger partial charge in [0.15, 0.2) is 11.9 Å². The van der Waals surface area contributed by atoms with Gasteiger partial charge in [0.2, 0.25) is 0 Å². The van der Waals surface area contributed by atoms with E-state index in [1.807, 2.05) is 26.8 Å². The molecule has 0 aromatic carbocycles. The number of Topliss-reactive ketones (excluding diaryl/α,β-unsaturated/α-hetero) is 1. The first kappa shape index (κ1) is 17.6. The molecule has 21 heavy (non-hydrogen) atoms. The third kappa shape index (κ3) is 4.27. The van der Waals surface area contributed by atoms with Gasteiger partial charge < -0.3 is 9.84 Å². The van der Waals surface area contributed by atoms with Gasteiger partial charge in [-0.25, -0.2) is 0 Å². The van der Waals surface area contributed by atoms with Crippen molar-refractivity contribution in [1.82, 2.24) is 0 Å². The third-order valence-electron chi connectivity index (χ3n) is 4.28. The lowest BCUT2D eigenvalue weighted by atomic mass is 9.62. The summed E-state index contributed by atoms with van der Waals surface area (Å²) in [6.07, 6.45) is 4.82. The zero-order chi connectivity index (χ0) is 16.4. The Morgan fingerprint density at radius 2 is 2.10 bits per heavy atom. The first-order valence-corrected chi connectivity index (χ1v) is 7.26. The van der Waals surface area contributed by atoms with Gasteiger partial charge in [-0.05, 0) is 24.7 Å². The number of ether oxygens (including phenoxy) is 1. The van der Waals surface area contributed by atoms with Crippen LogP contribution in [0.25, 0.3) is 0 Å². The number of rotatable bonds is 4. The molecule has 0 heterocycles. The monoisotopic (exact) mass is 294 g/mol. The van der Waals surface area contributed by atoms with E-state index in [2.05, 4.69) is 6.58 Å². The molecule has 1 fully saturated rings. The van der Waals surface area contributed by atoms with Crippen molar-refractivity contribution in [3.63, 3.8) is 0 Å². The fourth-order valence-corrected chi connectivity index (χ4v) is 2.96. The van der Waals surface area contributed by atoms with Crippen molar-refractivity contribution in [3.8, 4) is 0 Å². The highest BCUT2D eigenvalue weighted by molar-refractivity contribution is 5.88. The van der Waals surface area contributed by atoms with Crippen molar-refractivity contribution in [2.45, 2.75) is 52.7 Å². The molecule has 1 N–H and O–H groups in total. The molecule has 0 bridgehead atoms. The second-order valence-electron chi connectivity index (χ2n) is 6.80. The summed E-state index contributed by atoms with van der Waals surface area (Å²) in [6, 6.07) is 0. The molecule has 0 aromatic rings. The molecule has 1 saturated carbocycles. The van der Waals surface area contributed by atoms with Gasteiger partial charge in [-0.3, -0.25) is 9.59 Å². The van der Waals surface area contributed by atoms with Crippen LogP contribution in [0.2, 0.25) is 0 Å². The number of esters is 1. The number of ketones is 1. The minimum absolute atomic E-state index is 0.0248. The molecule has 4 heteroatoms. The minimum Gasteiger partial charge on any atom is -0.455 e. The summed E-state index contributed by atoms with van der Waals surface area (Å²) >= 11 is 0. The Kier molecular flexibility index (Phi) is 5.16. The van der Waals surface area contributed by atoms with Crippen LogP contribution in [0, 0.1) is 17.3 Å². The lowest BCUT2D eigenvalue weighted by Crippen LogP contribution is -2.47. The maximum absolute atomic E-state index is 12.4. The van der Waals surface area contributed by atoms with Crippen LogP contribution in [0.5, 0.6) is 0 Å². The second-order valence-corrected chi connectivity index (χ2v) is 6.80. The summed E-state index contributed by atoms with van der Waals surface area (Å²) < 4.78 is 5.15. The first-order valence-electron chi connectivity index (χ1n) is 7.26. The molecule has 1 aliphatic rings. The maximum Gasteiger partial charge on any atom is 0.303 e. The van der Waals surface area contributed by atoms with Crippen LogP contribution in [0.3, 0.4) is 0 Å². The molecular weight excluding hydrogens is 268 g/mol. The van der Waals surface area contributed by atoms with Crippen LogP contribution in [-0.2, 0) is 14.3 Å². The molecule has 4 unspecified atom stereocenters. The van der Waals surface area contributed by atoms with Crippen molar-refractivity contribution in [1.29, 1.82) is 0 Å². The Hall–Kier alpha value is -1.42. The van der Waals surface area contributed by atoms with Gasteiger partial charge in [0, 0.05) is 12.8 Å². The molecule has 118 valence electrons. The van der Waals surface area contributed by atoms with Crippen molar-refractivity contribution >= 4 is 11.8 Å². The maximum atomic E-state index is 12.4. The first-order chi connectivity index (χ1) is 9.50. The van der Waals surface area contributed by atoms with E-state index < -0.39 is 17.7 Å². The smallest absolute Gasteiger partial charge is 0.303 e. The standard InChI is InChI=1S/C17H26O4/c1-7-17(6,20)9-8-13-11(2)15(19)14(21-12(3)18)10-16(13,4)5/h7-9,11,13-14,20H,1,10H2,2-6H3/b9-8+. The van der Waals surface area contributed by atoms with E-state index in [0.29, 0.717) is 6.42 Å². The third-order valence-corrected chi connectivity index (χ3v) is 4.28. The average Bonchev–Trinajstić information content (AvgIpc) is 2.34. The Labute approximate surface area is 126 Å². The summed E-state index contributed by atoms with van der Waals surface area (Å²) in [5.74, 6) is -0.782. The molecule has 0 radical (unpaired) electrons. The summed E-state index contributed by atoms with van der Waals surface area (Å²) in [6.45, 7) is 12.5. The number of carbonyl (C=O) groups excluding carboxylic acids is 2. The number of hydrogen-bond acceptors (Lipinski definition) is 4. The van der Waals surface area contributed by atoms with Crippen LogP contribution < -0.4 is 0 Å². The van der Waals surface area contributed by atoms with Crippen LogP contribution in [0.1, 0.15) is 41.0 Å². The van der Waals surface area contributed by atoms with Gasteiger partial charge >= 0.3 is 5.97 Å². The highest BCUT2D eigenvalue weighted by Crippen LogP contribution is 2.44. The zero-order valence-electron chi connectivity index (χ0n) is 13.6. The SMILES string of the molecule is C=CC(C)(O)/C=C/C1C(C)C(=O)C(OC(C)=O)CC1(C)C. The van der Waals surface area contributed by atoms with Gasteiger partial charge in [0.1, 0.15) is 0 Å². The predicted molar refractivity (Wildman–Crippen MR) is 81.6 cm³/mol. The number of carbonyl (C=O) groups is 2. The lowest BCUT2D eigenvalue weighted by molar-refractivity contribution is -0.161. The Morgan fingerprint density at radius 1 is 1.52 bits per heavy atom. The van der Waals surface area contributed by atoms with Gasteiger partial charge in [-0.15, -0.1) is 0 Å². The topological polar surface area (TPSA) is 63.6 Å². The quantitative estimate of drug-likeness (QED) is 0.639. The normalized spacial score (nSPS) is 31.7. The van der Waals surface area contributed by atoms with E-state index in [-0.39, 0.29) is 23.0 Å². The van der Waals surface area contributed by atoms with Gasteiger partial charge in [0.25, 0.3) is 0 Å². The molecular formula is C17H26O4. The molecule has 1 aliphatic carbocycles. The number of allylic oxidation sites excluding steroid dienone is 1. The van der Waals surface area contributed by atoms with E-state index in [1.54, 1.807) is 13.0 Å². The van der Waals surface area contributed by atoms with E-state index in [0.717, 1.165) is 0 Å². The number of aliphatic hydroxyl groups is 1. The van der Waals surface area contributed by atoms with Crippen LogP contribution in [0.4, 0.5) is 0 Å². The van der Waals surface area contributed by atoms with Gasteiger partial charge in [-0.2, -0.15) is 0 Å². The summed E-state index contributed by atoms with van der Waals surface area (Å²) in [4.78, 5) is 23.5. The zero-order valence-corrected chi connectivity index (χ0v) is 13.6. The Morgan fingerprint density at radius 3 is 2.57 bits per heavy atom. The van der Waals surface area contributed by atoms with E-state index in [1.165, 1.54) is 13.0 Å². The van der Waals surface area contributed by atoms with Crippen molar-refractivity contribution in [3.05, 3.63) is 24.8 Å². The summed E-state index contributed by atoms with van der Waals surface area (Å²) in [7, 11) is 0. The van der Waals surface area contributed by atoms with Crippen molar-refractivity contribution in [2.75, 3.05) is 0 Å². The molecule has 1 rings (SSSR count). The van der Waals surface area contributed by atoms with Gasteiger partial charge in [0.05, 0.1) is 5.60 Å². The lowest BCUT2D eigenvalue weighted by Gasteiger charge is -2.43. The van der Waals surface area contributed by atoms with Gasteiger partial charge in [-0.1, -0.05) is 45.6 Å². The van der Waals surface area contributed by atoms with E-state index in [4.69, 9.17) is 4.74 Å². The molecule has 4 nitrogen and oxygen atoms in total. The molecule has 0 aromatic heterocycles.